The van der Waals surface area contributed by atoms with Crippen molar-refractivity contribution in [3.05, 3.63) is 35.9 Å². The molecule has 101 heavy (non-hydrogen) atoms. The molecule has 1 unspecified atom stereocenters. The molecule has 1 fully saturated rings. The molecule has 7 N–H and O–H groups in total. The molecule has 1 aliphatic rings. The van der Waals surface area contributed by atoms with Crippen molar-refractivity contribution in [3.63, 3.8) is 0 Å². The maximum atomic E-state index is 15.4. The van der Waals surface area contributed by atoms with Gasteiger partial charge in [0.2, 0.25) is 65.0 Å². The third kappa shape index (κ3) is 26.4. The number of carboxylic acid groups (broad SMARTS) is 1. The van der Waals surface area contributed by atoms with Crippen LogP contribution in [0.5, 0.6) is 5.75 Å². The molecule has 0 aromatic heterocycles. The number of carbonyl (C=O) groups excluding carboxylic acids is 11. The zero-order valence-electron chi connectivity index (χ0n) is 64.1. The maximum Gasteiger partial charge on any atom is 0.366 e. The van der Waals surface area contributed by atoms with Crippen LogP contribution in [0.15, 0.2) is 30.3 Å². The molecule has 0 saturated carbocycles. The minimum Gasteiger partial charge on any atom is -0.481 e. The van der Waals surface area contributed by atoms with Gasteiger partial charge in [-0.3, -0.25) is 61.8 Å². The van der Waals surface area contributed by atoms with Crippen molar-refractivity contribution in [1.29, 1.82) is 0 Å². The molecule has 1 aromatic carbocycles. The van der Waals surface area contributed by atoms with Crippen LogP contribution in [0.25, 0.3) is 6.08 Å². The second kappa shape index (κ2) is 40.4. The van der Waals surface area contributed by atoms with Crippen LogP contribution in [0.1, 0.15) is 162 Å². The molecule has 29 nitrogen and oxygen atoms in total. The second-order valence-corrected chi connectivity index (χ2v) is 31.2. The number of amides is 11. The van der Waals surface area contributed by atoms with E-state index in [9.17, 15) is 52.9 Å². The van der Waals surface area contributed by atoms with Crippen LogP contribution in [-0.2, 0) is 66.6 Å². The summed E-state index contributed by atoms with van der Waals surface area (Å²) in [4.78, 5) is 192. The highest BCUT2D eigenvalue weighted by atomic mass is 31.2. The first-order chi connectivity index (χ1) is 46.6. The number of carbonyl (C=O) groups is 12. The van der Waals surface area contributed by atoms with Crippen LogP contribution >= 0.6 is 7.60 Å². The van der Waals surface area contributed by atoms with Crippen molar-refractivity contribution in [2.24, 2.45) is 41.4 Å². The fraction of sp³-hybridized carbons (Fsp3) is 0.718. The molecule has 14 atom stereocenters. The average molecular weight is 1450 g/mol. The molecule has 0 spiro atoms. The van der Waals surface area contributed by atoms with E-state index in [1.807, 2.05) is 55.4 Å². The van der Waals surface area contributed by atoms with Gasteiger partial charge in [0.25, 0.3) is 0 Å². The number of nitrogens with zero attached hydrogens (tertiary/aromatic N) is 7. The molecule has 2 rings (SSSR count). The Morgan fingerprint density at radius 3 is 1.47 bits per heavy atom. The van der Waals surface area contributed by atoms with Crippen LogP contribution in [0.4, 0.5) is 0 Å². The van der Waals surface area contributed by atoms with Gasteiger partial charge >= 0.3 is 13.6 Å². The van der Waals surface area contributed by atoms with Gasteiger partial charge in [0.15, 0.2) is 12.5 Å². The van der Waals surface area contributed by atoms with Crippen LogP contribution in [-0.4, -0.2) is 255 Å². The number of carboxylic acids is 1. The predicted molar refractivity (Wildman–Crippen MR) is 383 cm³/mol. The van der Waals surface area contributed by atoms with Crippen LogP contribution in [0.2, 0.25) is 0 Å². The summed E-state index contributed by atoms with van der Waals surface area (Å²) in [5.41, 5.74) is 0.607. The number of aliphatic carboxylic acids is 1. The van der Waals surface area contributed by atoms with Gasteiger partial charge in [-0.25, -0.2) is 4.79 Å². The predicted octanol–water partition coefficient (Wildman–Crippen LogP) is 4.42. The smallest absolute Gasteiger partial charge is 0.366 e. The second-order valence-electron chi connectivity index (χ2n) is 29.5. The molecule has 572 valence electrons. The number of nitrogens with one attached hydrogen (secondary N) is 4. The lowest BCUT2D eigenvalue weighted by atomic mass is 9.91. The highest BCUT2D eigenvalue weighted by Gasteiger charge is 2.46. The molecule has 1 heterocycles. The van der Waals surface area contributed by atoms with Crippen LogP contribution in [0, 0.1) is 41.4 Å². The van der Waals surface area contributed by atoms with Crippen molar-refractivity contribution in [2.45, 2.75) is 229 Å². The van der Waals surface area contributed by atoms with Gasteiger partial charge in [0.05, 0.1) is 12.6 Å². The van der Waals surface area contributed by atoms with Crippen molar-refractivity contribution >= 4 is 84.6 Å². The van der Waals surface area contributed by atoms with Gasteiger partial charge in [-0.15, -0.1) is 0 Å². The molecule has 1 saturated heterocycles. The first-order valence-corrected chi connectivity index (χ1v) is 36.8. The summed E-state index contributed by atoms with van der Waals surface area (Å²) in [7, 11) is 5.22. The normalized spacial score (nSPS) is 25.4. The molecule has 30 heteroatoms. The minimum absolute atomic E-state index is 0.0555. The number of hydrogen-bond donors (Lipinski definition) is 7. The summed E-state index contributed by atoms with van der Waals surface area (Å²) in [5.74, 6) is -12.1. The number of allylic oxidation sites excluding steroid dienone is 1. The van der Waals surface area contributed by atoms with E-state index in [0.29, 0.717) is 5.56 Å². The molecule has 11 amide bonds. The van der Waals surface area contributed by atoms with E-state index in [2.05, 4.69) is 21.3 Å². The van der Waals surface area contributed by atoms with Gasteiger partial charge < -0.3 is 75.4 Å². The monoisotopic (exact) mass is 1450 g/mol. The van der Waals surface area contributed by atoms with Gasteiger partial charge in [-0.2, -0.15) is 0 Å². The largest absolute Gasteiger partial charge is 0.481 e. The Hall–Kier alpha value is -7.49. The first-order valence-electron chi connectivity index (χ1n) is 35.0. The Bertz CT molecular complexity index is 3090. The summed E-state index contributed by atoms with van der Waals surface area (Å²) in [6.07, 6.45) is -0.221. The number of likely N-dealkylation sites (N-methyl/N-ethyl adjacent to an activating group) is 7. The van der Waals surface area contributed by atoms with E-state index in [4.69, 9.17) is 14.4 Å². The highest BCUT2D eigenvalue weighted by molar-refractivity contribution is 7.52. The van der Waals surface area contributed by atoms with Gasteiger partial charge in [0, 0.05) is 49.3 Å². The Labute approximate surface area is 598 Å². The average Bonchev–Trinajstić information content (AvgIpc) is 0.806. The fourth-order valence-electron chi connectivity index (χ4n) is 11.9. The maximum absolute atomic E-state index is 15.4. The van der Waals surface area contributed by atoms with Crippen LogP contribution < -0.4 is 26.0 Å². The summed E-state index contributed by atoms with van der Waals surface area (Å²) in [6.45, 7) is 28.1. The molecule has 0 bridgehead atoms. The van der Waals surface area contributed by atoms with E-state index in [0.717, 1.165) is 16.7 Å². The molecular weight excluding hydrogens is 1330 g/mol. The fourth-order valence-corrected chi connectivity index (χ4v) is 12.9. The lowest BCUT2D eigenvalue weighted by molar-refractivity contribution is -0.157. The van der Waals surface area contributed by atoms with E-state index in [1.165, 1.54) is 99.8 Å². The number of rotatable bonds is 22. The lowest BCUT2D eigenvalue weighted by Crippen LogP contribution is -2.63. The van der Waals surface area contributed by atoms with Gasteiger partial charge in [-0.1, -0.05) is 121 Å². The summed E-state index contributed by atoms with van der Waals surface area (Å²) < 4.78 is 22.6. The topological polar surface area (TPSA) is 372 Å². The lowest BCUT2D eigenvalue weighted by Gasteiger charge is -2.41. The Morgan fingerprint density at radius 2 is 0.990 bits per heavy atom. The number of benzene rings is 1. The summed E-state index contributed by atoms with van der Waals surface area (Å²) in [5, 5.41) is 32.5. The standard InChI is InChI=1S/C71H120N11O18P/c1-25-51-66(90)76(18)37-56(83)77(19)52(33-39(2)3)63(87)75-57(43(10)11)69(93)78(20)53(34-40(4)5)62(86)72-46(15)61(85)73-47(16)65(89)79(21)54(35-41(6)7)67(91)80(22)55(36-42(8)9)68(92)81(23)58(44(12)13)70(94)82(24)59(64(88)74-51)60(84)45(14)27-26-28-49-29-31-50(32-30-49)99-38-101(97,98)100-48(17)71(95)96/h26,28-32,39-48,51-55,57-60,84H,25,27,33-38H2,1-24H3,(H,72,86)(H,73,85)(H,74,88)(H,75,87)(H,95,96)(H,97,98)/b28-26+/t45-,46+,47-,48-,51+,52+,53+,54+,55+,57+,58+,59+,60-/m1/s1. The Balaban J connectivity index is 2.96. The van der Waals surface area contributed by atoms with Crippen molar-refractivity contribution in [2.75, 3.05) is 62.2 Å². The molecule has 1 aromatic rings. The SMILES string of the molecule is CC[C@@H]1NC(=O)[C@H]([C@H](O)[C@H](C)C/C=C/c2ccc(OCP(=O)(O)O[C@H](C)C(=O)O)cc2)N(C)C(=O)[C@H](C(C)C)N(C)C(=O)[C@H](CC(C)C)N(C)C(=O)[C@H](CC(C)C)N(C)C(=O)[C@@H](C)NC(=O)[C@H](C)NC(=O)[C@H](CC(C)C)N(C)C(=O)[C@H](C(C)C)NC(=O)[C@H](CC(C)C)N(C)C(=O)CN(C)C1=O. The Morgan fingerprint density at radius 1 is 0.545 bits per heavy atom. The quantitative estimate of drug-likeness (QED) is 0.0790. The van der Waals surface area contributed by atoms with Gasteiger partial charge in [0.1, 0.15) is 66.2 Å². The van der Waals surface area contributed by atoms with Crippen molar-refractivity contribution in [3.8, 4) is 5.75 Å². The van der Waals surface area contributed by atoms with E-state index < -0.39 is 182 Å². The third-order valence-electron chi connectivity index (χ3n) is 18.1. The highest BCUT2D eigenvalue weighted by Crippen LogP contribution is 2.43. The Kier molecular flexibility index (Phi) is 35.8. The van der Waals surface area contributed by atoms with Gasteiger partial charge in [-0.05, 0) is 118 Å². The minimum atomic E-state index is -4.46. The first kappa shape index (κ1) is 89.6. The van der Waals surface area contributed by atoms with Crippen molar-refractivity contribution in [1.82, 2.24) is 55.6 Å². The number of aliphatic hydroxyl groups is 1. The summed E-state index contributed by atoms with van der Waals surface area (Å²) in [6, 6.07) is -6.80. The molecular formula is C71H120N11O18P. The van der Waals surface area contributed by atoms with E-state index in [-0.39, 0.29) is 67.9 Å². The number of aliphatic hydroxyl groups excluding tert-OH is 1. The van der Waals surface area contributed by atoms with E-state index in [1.54, 1.807) is 65.8 Å². The van der Waals surface area contributed by atoms with E-state index >= 15 is 19.2 Å². The van der Waals surface area contributed by atoms with Crippen molar-refractivity contribution < 1.29 is 86.5 Å². The van der Waals surface area contributed by atoms with Crippen LogP contribution in [0.3, 0.4) is 0 Å². The molecule has 1 aliphatic heterocycles. The summed E-state index contributed by atoms with van der Waals surface area (Å²) >= 11 is 0. The zero-order valence-corrected chi connectivity index (χ0v) is 65.0. The zero-order chi connectivity index (χ0) is 77.7. The number of ether oxygens (including phenoxy) is 1. The molecule has 0 aliphatic carbocycles. The third-order valence-corrected chi connectivity index (χ3v) is 19.2. The molecule has 0 radical (unpaired) electrons. The number of hydrogen-bond acceptors (Lipinski definition) is 16.